The van der Waals surface area contributed by atoms with Crippen molar-refractivity contribution in [1.29, 1.82) is 0 Å². The molecule has 3 heterocycles. The number of hydrogen-bond acceptors (Lipinski definition) is 5. The average molecular weight is 418 g/mol. The molecule has 1 aromatic rings. The fraction of sp³-hybridized carbons (Fsp3) is 0.636. The van der Waals surface area contributed by atoms with E-state index in [9.17, 15) is 9.59 Å². The molecule has 0 aliphatic carbocycles. The Morgan fingerprint density at radius 2 is 1.93 bits per heavy atom. The molecule has 2 atom stereocenters. The van der Waals surface area contributed by atoms with Crippen molar-refractivity contribution >= 4 is 29.3 Å². The molecule has 7 heteroatoms. The van der Waals surface area contributed by atoms with Crippen LogP contribution in [0, 0.1) is 12.8 Å². The third-order valence-electron chi connectivity index (χ3n) is 6.11. The maximum absolute atomic E-state index is 13.5. The monoisotopic (exact) mass is 417 g/mol. The number of carbonyl (C=O) groups excluding carboxylic acids is 2. The van der Waals surface area contributed by atoms with Crippen LogP contribution in [0.4, 0.5) is 5.69 Å². The molecule has 3 aliphatic rings. The topological polar surface area (TPSA) is 53.1 Å². The Balaban J connectivity index is 1.44. The van der Waals surface area contributed by atoms with Crippen molar-refractivity contribution in [2.24, 2.45) is 5.92 Å². The average Bonchev–Trinajstić information content (AvgIpc) is 2.97. The number of ether oxygens (including phenoxy) is 1. The summed E-state index contributed by atoms with van der Waals surface area (Å²) in [6.45, 7) is 7.66. The molecule has 2 amide bonds. The summed E-state index contributed by atoms with van der Waals surface area (Å²) in [4.78, 5) is 32.4. The van der Waals surface area contributed by atoms with E-state index >= 15 is 0 Å². The molecule has 0 aromatic heterocycles. The molecule has 0 bridgehead atoms. The Labute approximate surface area is 177 Å². The molecule has 4 rings (SSSR count). The fourth-order valence-corrected chi connectivity index (χ4v) is 5.49. The van der Waals surface area contributed by atoms with Gasteiger partial charge in [0.05, 0.1) is 25.2 Å². The molecular formula is C22H31N3O3S. The minimum atomic E-state index is -0.237. The zero-order valence-corrected chi connectivity index (χ0v) is 18.0. The number of amides is 2. The fourth-order valence-electron chi connectivity index (χ4n) is 4.43. The molecule has 3 aliphatic heterocycles. The van der Waals surface area contributed by atoms with Gasteiger partial charge in [-0.1, -0.05) is 17.7 Å². The molecule has 3 fully saturated rings. The second kappa shape index (κ2) is 9.49. The molecule has 0 saturated carbocycles. The lowest BCUT2D eigenvalue weighted by atomic mass is 10.1. The normalized spacial score (nSPS) is 26.6. The highest BCUT2D eigenvalue weighted by molar-refractivity contribution is 7.99. The number of anilines is 1. The van der Waals surface area contributed by atoms with Crippen LogP contribution in [-0.4, -0.2) is 85.1 Å². The number of carbonyl (C=O) groups is 2. The van der Waals surface area contributed by atoms with E-state index in [1.54, 1.807) is 4.90 Å². The van der Waals surface area contributed by atoms with E-state index in [1.165, 1.54) is 5.56 Å². The Hall–Kier alpha value is -1.57. The van der Waals surface area contributed by atoms with Crippen LogP contribution in [0.25, 0.3) is 0 Å². The quantitative estimate of drug-likeness (QED) is 0.750. The molecule has 2 unspecified atom stereocenters. The number of nitrogens with zero attached hydrogens (tertiary/aromatic N) is 3. The molecule has 0 spiro atoms. The molecule has 158 valence electrons. The van der Waals surface area contributed by atoms with E-state index in [0.717, 1.165) is 63.0 Å². The number of rotatable bonds is 4. The smallest absolute Gasteiger partial charge is 0.228 e. The van der Waals surface area contributed by atoms with Gasteiger partial charge in [-0.25, -0.2) is 0 Å². The zero-order chi connectivity index (χ0) is 20.2. The highest BCUT2D eigenvalue weighted by Gasteiger charge is 2.39. The van der Waals surface area contributed by atoms with Gasteiger partial charge in [-0.3, -0.25) is 14.5 Å². The first-order valence-corrected chi connectivity index (χ1v) is 11.8. The Morgan fingerprint density at radius 3 is 2.69 bits per heavy atom. The van der Waals surface area contributed by atoms with Crippen molar-refractivity contribution in [2.45, 2.75) is 25.8 Å². The third-order valence-corrected chi connectivity index (χ3v) is 7.31. The Bertz CT molecular complexity index is 721. The van der Waals surface area contributed by atoms with Crippen molar-refractivity contribution in [3.05, 3.63) is 29.8 Å². The predicted octanol–water partition coefficient (Wildman–Crippen LogP) is 2.01. The summed E-state index contributed by atoms with van der Waals surface area (Å²) in [6.07, 6.45) is 1.35. The van der Waals surface area contributed by atoms with Gasteiger partial charge in [-0.05, 0) is 31.2 Å². The van der Waals surface area contributed by atoms with Crippen LogP contribution in [-0.2, 0) is 14.3 Å². The highest BCUT2D eigenvalue weighted by atomic mass is 32.2. The van der Waals surface area contributed by atoms with Crippen LogP contribution in [0.15, 0.2) is 24.3 Å². The summed E-state index contributed by atoms with van der Waals surface area (Å²) in [5.74, 6) is 2.06. The van der Waals surface area contributed by atoms with Crippen LogP contribution in [0.3, 0.4) is 0 Å². The molecule has 1 aromatic carbocycles. The lowest BCUT2D eigenvalue weighted by Gasteiger charge is -2.36. The van der Waals surface area contributed by atoms with E-state index in [2.05, 4.69) is 9.80 Å². The summed E-state index contributed by atoms with van der Waals surface area (Å²) in [7, 11) is 0. The van der Waals surface area contributed by atoms with Crippen molar-refractivity contribution < 1.29 is 14.3 Å². The van der Waals surface area contributed by atoms with Gasteiger partial charge in [-0.15, -0.1) is 0 Å². The van der Waals surface area contributed by atoms with Crippen LogP contribution in [0.2, 0.25) is 0 Å². The molecule has 6 nitrogen and oxygen atoms in total. The van der Waals surface area contributed by atoms with Crippen molar-refractivity contribution in [3.8, 4) is 0 Å². The van der Waals surface area contributed by atoms with Gasteiger partial charge in [0.2, 0.25) is 11.8 Å². The summed E-state index contributed by atoms with van der Waals surface area (Å²) < 4.78 is 5.47. The minimum Gasteiger partial charge on any atom is -0.379 e. The van der Waals surface area contributed by atoms with Crippen LogP contribution >= 0.6 is 11.8 Å². The minimum absolute atomic E-state index is 0.0566. The maximum atomic E-state index is 13.5. The highest BCUT2D eigenvalue weighted by Crippen LogP contribution is 2.28. The zero-order valence-electron chi connectivity index (χ0n) is 17.2. The molecule has 0 N–H and O–H groups in total. The van der Waals surface area contributed by atoms with Gasteiger partial charge < -0.3 is 14.5 Å². The Morgan fingerprint density at radius 1 is 1.17 bits per heavy atom. The summed E-state index contributed by atoms with van der Waals surface area (Å²) in [5.41, 5.74) is 2.06. The van der Waals surface area contributed by atoms with E-state index in [-0.39, 0.29) is 23.8 Å². The van der Waals surface area contributed by atoms with E-state index in [4.69, 9.17) is 4.74 Å². The van der Waals surface area contributed by atoms with Crippen LogP contribution in [0.5, 0.6) is 0 Å². The van der Waals surface area contributed by atoms with Gasteiger partial charge in [0.1, 0.15) is 0 Å². The molecule has 0 radical (unpaired) electrons. The molecule has 29 heavy (non-hydrogen) atoms. The lowest BCUT2D eigenvalue weighted by molar-refractivity contribution is -0.138. The van der Waals surface area contributed by atoms with E-state index < -0.39 is 0 Å². The second-order valence-electron chi connectivity index (χ2n) is 8.27. The summed E-state index contributed by atoms with van der Waals surface area (Å²) in [5, 5.41) is 0. The van der Waals surface area contributed by atoms with E-state index in [0.29, 0.717) is 13.0 Å². The maximum Gasteiger partial charge on any atom is 0.228 e. The second-order valence-corrected chi connectivity index (χ2v) is 9.42. The molecular weight excluding hydrogens is 386 g/mol. The van der Waals surface area contributed by atoms with E-state index in [1.807, 2.05) is 43.0 Å². The van der Waals surface area contributed by atoms with Crippen LogP contribution in [0.1, 0.15) is 18.4 Å². The van der Waals surface area contributed by atoms with Crippen molar-refractivity contribution in [1.82, 2.24) is 9.80 Å². The van der Waals surface area contributed by atoms with Gasteiger partial charge in [-0.2, -0.15) is 11.8 Å². The first-order valence-electron chi connectivity index (χ1n) is 10.7. The number of hydrogen-bond donors (Lipinski definition) is 0. The van der Waals surface area contributed by atoms with Crippen molar-refractivity contribution in [3.63, 3.8) is 0 Å². The largest absolute Gasteiger partial charge is 0.379 e. The number of thioether (sulfide) groups is 1. The van der Waals surface area contributed by atoms with Crippen molar-refractivity contribution in [2.75, 3.05) is 62.3 Å². The van der Waals surface area contributed by atoms with Gasteiger partial charge in [0.25, 0.3) is 0 Å². The van der Waals surface area contributed by atoms with Crippen LogP contribution < -0.4 is 4.90 Å². The first-order chi connectivity index (χ1) is 14.1. The first kappa shape index (κ1) is 20.7. The Kier molecular flexibility index (Phi) is 6.77. The summed E-state index contributed by atoms with van der Waals surface area (Å²) >= 11 is 1.95. The number of benzene rings is 1. The van der Waals surface area contributed by atoms with Gasteiger partial charge in [0.15, 0.2) is 0 Å². The standard InChI is InChI=1S/C22H31N3O3S/c1-17-3-5-19(6-4-17)25-14-18(13-21(25)26)22(27)24-7-2-12-29-16-20(24)15-23-8-10-28-11-9-23/h3-6,18,20H,2,7-16H2,1H3. The molecule has 3 saturated heterocycles. The lowest BCUT2D eigenvalue weighted by Crippen LogP contribution is -2.52. The number of morpholine rings is 1. The third kappa shape index (κ3) is 4.95. The predicted molar refractivity (Wildman–Crippen MR) is 116 cm³/mol. The SMILES string of the molecule is Cc1ccc(N2CC(C(=O)N3CCCSCC3CN3CCOCC3)CC2=O)cc1. The summed E-state index contributed by atoms with van der Waals surface area (Å²) in [6, 6.07) is 8.20. The van der Waals surface area contributed by atoms with Gasteiger partial charge in [0, 0.05) is 50.6 Å². The number of aryl methyl sites for hydroxylation is 1. The van der Waals surface area contributed by atoms with Gasteiger partial charge >= 0.3 is 0 Å².